The summed E-state index contributed by atoms with van der Waals surface area (Å²) >= 11 is 1.41. The van der Waals surface area contributed by atoms with Crippen molar-refractivity contribution >= 4 is 28.3 Å². The first kappa shape index (κ1) is 19.7. The SMILES string of the molecule is COc1ccc2nc([C@@H]3CCCN3C(=O)c3nc(C)sc3-c3cccc(F)c3)[nH]c2c1. The second-order valence-electron chi connectivity index (χ2n) is 7.58. The van der Waals surface area contributed by atoms with Crippen LogP contribution < -0.4 is 4.74 Å². The van der Waals surface area contributed by atoms with Gasteiger partial charge in [0.1, 0.15) is 23.1 Å². The summed E-state index contributed by atoms with van der Waals surface area (Å²) < 4.78 is 19.1. The number of nitrogens with one attached hydrogen (secondary N) is 1. The summed E-state index contributed by atoms with van der Waals surface area (Å²) in [6, 6.07) is 11.8. The Hall–Kier alpha value is -3.26. The van der Waals surface area contributed by atoms with Crippen LogP contribution in [-0.4, -0.2) is 39.4 Å². The van der Waals surface area contributed by atoms with E-state index in [1.54, 1.807) is 19.2 Å². The number of carbonyl (C=O) groups excluding carboxylic acids is 1. The highest BCUT2D eigenvalue weighted by Gasteiger charge is 2.35. The number of carbonyl (C=O) groups is 1. The summed E-state index contributed by atoms with van der Waals surface area (Å²) in [6.45, 7) is 2.49. The molecule has 1 N–H and O–H groups in total. The quantitative estimate of drug-likeness (QED) is 0.482. The van der Waals surface area contributed by atoms with Gasteiger partial charge in [-0.25, -0.2) is 14.4 Å². The van der Waals surface area contributed by atoms with Gasteiger partial charge in [0.15, 0.2) is 0 Å². The predicted octanol–water partition coefficient (Wildman–Crippen LogP) is 5.12. The molecule has 0 bridgehead atoms. The second kappa shape index (κ2) is 7.77. The van der Waals surface area contributed by atoms with Crippen molar-refractivity contribution in [3.8, 4) is 16.2 Å². The van der Waals surface area contributed by atoms with Gasteiger partial charge in [0.25, 0.3) is 5.91 Å². The van der Waals surface area contributed by atoms with Crippen molar-refractivity contribution in [1.29, 1.82) is 0 Å². The van der Waals surface area contributed by atoms with E-state index in [1.807, 2.05) is 30.0 Å². The molecule has 0 aliphatic carbocycles. The number of amides is 1. The van der Waals surface area contributed by atoms with Gasteiger partial charge >= 0.3 is 0 Å². The minimum atomic E-state index is -0.335. The first-order chi connectivity index (χ1) is 15.0. The van der Waals surface area contributed by atoms with Crippen LogP contribution >= 0.6 is 11.3 Å². The molecule has 6 nitrogen and oxygen atoms in total. The molecule has 158 valence electrons. The molecule has 1 amide bonds. The third kappa shape index (κ3) is 3.57. The predicted molar refractivity (Wildman–Crippen MR) is 118 cm³/mol. The van der Waals surface area contributed by atoms with E-state index in [4.69, 9.17) is 9.72 Å². The van der Waals surface area contributed by atoms with E-state index in [1.165, 1.54) is 23.5 Å². The topological polar surface area (TPSA) is 71.1 Å². The number of nitrogens with zero attached hydrogens (tertiary/aromatic N) is 3. The van der Waals surface area contributed by atoms with E-state index in [0.29, 0.717) is 22.7 Å². The van der Waals surface area contributed by atoms with E-state index in [0.717, 1.165) is 40.5 Å². The van der Waals surface area contributed by atoms with Crippen molar-refractivity contribution in [2.45, 2.75) is 25.8 Å². The van der Waals surface area contributed by atoms with Gasteiger partial charge in [0.2, 0.25) is 0 Å². The molecule has 31 heavy (non-hydrogen) atoms. The molecule has 5 rings (SSSR count). The number of benzene rings is 2. The molecule has 0 unspecified atom stereocenters. The van der Waals surface area contributed by atoms with Gasteiger partial charge < -0.3 is 14.6 Å². The summed E-state index contributed by atoms with van der Waals surface area (Å²) in [5.74, 6) is 1.02. The van der Waals surface area contributed by atoms with Crippen molar-refractivity contribution in [3.63, 3.8) is 0 Å². The number of hydrogen-bond donors (Lipinski definition) is 1. The van der Waals surface area contributed by atoms with Crippen molar-refractivity contribution in [2.24, 2.45) is 0 Å². The Bertz CT molecular complexity index is 1280. The lowest BCUT2D eigenvalue weighted by Crippen LogP contribution is -2.31. The number of hydrogen-bond acceptors (Lipinski definition) is 5. The molecule has 1 saturated heterocycles. The monoisotopic (exact) mass is 436 g/mol. The Morgan fingerprint density at radius 2 is 2.13 bits per heavy atom. The highest BCUT2D eigenvalue weighted by atomic mass is 32.1. The van der Waals surface area contributed by atoms with E-state index in [2.05, 4.69) is 9.97 Å². The number of aromatic amines is 1. The van der Waals surface area contributed by atoms with Gasteiger partial charge in [-0.1, -0.05) is 12.1 Å². The normalized spacial score (nSPS) is 16.2. The summed E-state index contributed by atoms with van der Waals surface area (Å²) in [6.07, 6.45) is 1.70. The van der Waals surface area contributed by atoms with Crippen LogP contribution in [0.25, 0.3) is 21.5 Å². The number of thiazole rings is 1. The van der Waals surface area contributed by atoms with Crippen LogP contribution in [0.3, 0.4) is 0 Å². The fourth-order valence-electron chi connectivity index (χ4n) is 4.12. The molecule has 4 aromatic rings. The third-order valence-electron chi connectivity index (χ3n) is 5.56. The summed E-state index contributed by atoms with van der Waals surface area (Å²) in [4.78, 5) is 28.7. The average molecular weight is 437 g/mol. The number of H-pyrrole nitrogens is 1. The second-order valence-corrected chi connectivity index (χ2v) is 8.79. The lowest BCUT2D eigenvalue weighted by atomic mass is 10.1. The van der Waals surface area contributed by atoms with Crippen LogP contribution in [-0.2, 0) is 0 Å². The van der Waals surface area contributed by atoms with Crippen molar-refractivity contribution in [2.75, 3.05) is 13.7 Å². The first-order valence-electron chi connectivity index (χ1n) is 10.1. The molecule has 0 saturated carbocycles. The highest BCUT2D eigenvalue weighted by molar-refractivity contribution is 7.15. The van der Waals surface area contributed by atoms with Crippen molar-refractivity contribution in [3.05, 3.63) is 64.8 Å². The number of aryl methyl sites for hydroxylation is 1. The van der Waals surface area contributed by atoms with Crippen LogP contribution in [0.1, 0.15) is 40.2 Å². The third-order valence-corrected chi connectivity index (χ3v) is 6.58. The lowest BCUT2D eigenvalue weighted by molar-refractivity contribution is 0.0726. The Labute approximate surface area is 182 Å². The fraction of sp³-hybridized carbons (Fsp3) is 0.261. The number of imidazole rings is 1. The Kier molecular flexibility index (Phi) is 4.94. The summed E-state index contributed by atoms with van der Waals surface area (Å²) in [5.41, 5.74) is 2.75. The van der Waals surface area contributed by atoms with E-state index in [9.17, 15) is 9.18 Å². The Balaban J connectivity index is 1.50. The van der Waals surface area contributed by atoms with Crippen LogP contribution in [0, 0.1) is 12.7 Å². The molecular weight excluding hydrogens is 415 g/mol. The van der Waals surface area contributed by atoms with Crippen LogP contribution in [0.5, 0.6) is 5.75 Å². The maximum absolute atomic E-state index is 13.8. The number of methoxy groups -OCH3 is 1. The molecule has 3 heterocycles. The largest absolute Gasteiger partial charge is 0.497 e. The molecule has 0 spiro atoms. The van der Waals surface area contributed by atoms with Gasteiger partial charge in [-0.15, -0.1) is 11.3 Å². The number of fused-ring (bicyclic) bond motifs is 1. The van der Waals surface area contributed by atoms with Gasteiger partial charge in [-0.2, -0.15) is 0 Å². The van der Waals surface area contributed by atoms with Crippen molar-refractivity contribution < 1.29 is 13.9 Å². The molecule has 1 aliphatic rings. The zero-order chi connectivity index (χ0) is 21.5. The lowest BCUT2D eigenvalue weighted by Gasteiger charge is -2.22. The standard InChI is InChI=1S/C23H21FN4O2S/c1-13-25-20(21(31-13)14-5-3-6-15(24)11-14)23(29)28-10-4-7-19(28)22-26-17-9-8-16(30-2)12-18(17)27-22/h3,5-6,8-9,11-12,19H,4,7,10H2,1-2H3,(H,26,27)/t19-/m0/s1. The highest BCUT2D eigenvalue weighted by Crippen LogP contribution is 2.37. The summed E-state index contributed by atoms with van der Waals surface area (Å²) in [7, 11) is 1.63. The maximum Gasteiger partial charge on any atom is 0.274 e. The van der Waals surface area contributed by atoms with E-state index in [-0.39, 0.29) is 17.8 Å². The first-order valence-corrected chi connectivity index (χ1v) is 10.9. The number of likely N-dealkylation sites (tertiary alicyclic amines) is 1. The number of halogens is 1. The molecule has 8 heteroatoms. The summed E-state index contributed by atoms with van der Waals surface area (Å²) in [5, 5.41) is 0.772. The molecule has 2 aromatic carbocycles. The molecular formula is C23H21FN4O2S. The molecule has 1 atom stereocenters. The molecule has 1 fully saturated rings. The number of aromatic nitrogens is 3. The maximum atomic E-state index is 13.8. The zero-order valence-corrected chi connectivity index (χ0v) is 18.0. The van der Waals surface area contributed by atoms with Gasteiger partial charge in [0, 0.05) is 12.6 Å². The Morgan fingerprint density at radius 1 is 1.26 bits per heavy atom. The average Bonchev–Trinajstić information content (AvgIpc) is 3.49. The van der Waals surface area contributed by atoms with Gasteiger partial charge in [0.05, 0.1) is 34.1 Å². The number of rotatable bonds is 4. The number of ether oxygens (including phenoxy) is 1. The van der Waals surface area contributed by atoms with Crippen LogP contribution in [0.2, 0.25) is 0 Å². The van der Waals surface area contributed by atoms with Crippen LogP contribution in [0.15, 0.2) is 42.5 Å². The van der Waals surface area contributed by atoms with Gasteiger partial charge in [-0.05, 0) is 49.6 Å². The smallest absolute Gasteiger partial charge is 0.274 e. The van der Waals surface area contributed by atoms with Gasteiger partial charge in [-0.3, -0.25) is 4.79 Å². The van der Waals surface area contributed by atoms with Crippen LogP contribution in [0.4, 0.5) is 4.39 Å². The molecule has 2 aromatic heterocycles. The van der Waals surface area contributed by atoms with E-state index < -0.39 is 0 Å². The molecule has 0 radical (unpaired) electrons. The van der Waals surface area contributed by atoms with Crippen molar-refractivity contribution in [1.82, 2.24) is 19.9 Å². The zero-order valence-electron chi connectivity index (χ0n) is 17.2. The fourth-order valence-corrected chi connectivity index (χ4v) is 5.03. The minimum absolute atomic E-state index is 0.149. The van der Waals surface area contributed by atoms with E-state index >= 15 is 0 Å². The Morgan fingerprint density at radius 3 is 2.94 bits per heavy atom. The molecule has 1 aliphatic heterocycles. The minimum Gasteiger partial charge on any atom is -0.497 e.